The lowest BCUT2D eigenvalue weighted by Crippen LogP contribution is -2.46. The van der Waals surface area contributed by atoms with Crippen molar-refractivity contribution in [1.29, 1.82) is 0 Å². The largest absolute Gasteiger partial charge is 0.495 e. The van der Waals surface area contributed by atoms with Crippen LogP contribution in [0.1, 0.15) is 34.0 Å². The first kappa shape index (κ1) is 29.7. The third-order valence-corrected chi connectivity index (χ3v) is 7.30. The van der Waals surface area contributed by atoms with Gasteiger partial charge in [0.15, 0.2) is 11.5 Å². The first-order chi connectivity index (χ1) is 21.1. The van der Waals surface area contributed by atoms with E-state index in [2.05, 4.69) is 26.4 Å². The molecule has 222 valence electrons. The Morgan fingerprint density at radius 1 is 0.814 bits per heavy atom. The van der Waals surface area contributed by atoms with Crippen LogP contribution in [0.4, 0.5) is 5.69 Å². The molecule has 0 unspecified atom stereocenters. The van der Waals surface area contributed by atoms with Gasteiger partial charge in [0.2, 0.25) is 0 Å². The first-order valence-electron chi connectivity index (χ1n) is 14.6. The number of ether oxygens (including phenoxy) is 3. The Morgan fingerprint density at radius 2 is 1.56 bits per heavy atom. The highest BCUT2D eigenvalue weighted by Crippen LogP contribution is 2.30. The minimum Gasteiger partial charge on any atom is -0.495 e. The van der Waals surface area contributed by atoms with Crippen LogP contribution in [0.5, 0.6) is 17.2 Å². The Bertz CT molecular complexity index is 1500. The van der Waals surface area contributed by atoms with Gasteiger partial charge in [0.25, 0.3) is 5.91 Å². The number of nitrogens with one attached hydrogen (secondary N) is 1. The Labute approximate surface area is 253 Å². The van der Waals surface area contributed by atoms with Crippen LogP contribution in [0.3, 0.4) is 0 Å². The summed E-state index contributed by atoms with van der Waals surface area (Å²) in [6.45, 7) is 7.52. The standard InChI is InChI=1S/C35H38N4O4/c1-3-42-34-23-29(15-18-33(34)43-26-28-9-5-4-6-10-28)24-36-37-35(40)30-16-13-27(14-17-30)25-38-19-21-39(22-20-38)31-11-7-8-12-32(31)41-2/h4-18,23-24H,3,19-22,25-26H2,1-2H3,(H,37,40)/b36-24-. The monoisotopic (exact) mass is 578 g/mol. The Morgan fingerprint density at radius 3 is 2.30 bits per heavy atom. The zero-order valence-corrected chi connectivity index (χ0v) is 24.7. The van der Waals surface area contributed by atoms with Gasteiger partial charge >= 0.3 is 0 Å². The van der Waals surface area contributed by atoms with Crippen LogP contribution in [0.15, 0.2) is 102 Å². The van der Waals surface area contributed by atoms with E-state index < -0.39 is 0 Å². The summed E-state index contributed by atoms with van der Waals surface area (Å²) in [5.74, 6) is 1.93. The molecule has 43 heavy (non-hydrogen) atoms. The number of methoxy groups -OCH3 is 1. The quantitative estimate of drug-likeness (QED) is 0.170. The van der Waals surface area contributed by atoms with Crippen molar-refractivity contribution in [1.82, 2.24) is 10.3 Å². The molecule has 4 aromatic carbocycles. The smallest absolute Gasteiger partial charge is 0.271 e. The minimum absolute atomic E-state index is 0.263. The summed E-state index contributed by atoms with van der Waals surface area (Å²) < 4.78 is 17.3. The highest BCUT2D eigenvalue weighted by molar-refractivity contribution is 5.95. The summed E-state index contributed by atoms with van der Waals surface area (Å²) >= 11 is 0. The topological polar surface area (TPSA) is 75.6 Å². The Balaban J connectivity index is 1.10. The van der Waals surface area contributed by atoms with Crippen LogP contribution < -0.4 is 24.5 Å². The zero-order valence-electron chi connectivity index (χ0n) is 24.7. The fourth-order valence-corrected chi connectivity index (χ4v) is 5.02. The number of hydrogen-bond donors (Lipinski definition) is 1. The molecule has 0 atom stereocenters. The number of benzene rings is 4. The third-order valence-electron chi connectivity index (χ3n) is 7.30. The molecule has 8 heteroatoms. The van der Waals surface area contributed by atoms with E-state index in [1.807, 2.05) is 97.9 Å². The lowest BCUT2D eigenvalue weighted by atomic mass is 10.1. The van der Waals surface area contributed by atoms with Crippen LogP contribution >= 0.6 is 0 Å². The molecule has 4 aromatic rings. The van der Waals surface area contributed by atoms with E-state index in [9.17, 15) is 4.79 Å². The third kappa shape index (κ3) is 8.14. The molecule has 0 spiro atoms. The van der Waals surface area contributed by atoms with E-state index in [0.29, 0.717) is 30.3 Å². The van der Waals surface area contributed by atoms with Gasteiger partial charge in [-0.1, -0.05) is 54.6 Å². The molecule has 1 amide bonds. The summed E-state index contributed by atoms with van der Waals surface area (Å²) in [5.41, 5.74) is 7.36. The van der Waals surface area contributed by atoms with E-state index in [0.717, 1.165) is 55.3 Å². The maximum Gasteiger partial charge on any atom is 0.271 e. The van der Waals surface area contributed by atoms with Crippen molar-refractivity contribution in [3.8, 4) is 17.2 Å². The highest BCUT2D eigenvalue weighted by atomic mass is 16.5. The average molecular weight is 579 g/mol. The lowest BCUT2D eigenvalue weighted by molar-refractivity contribution is 0.0955. The molecule has 1 saturated heterocycles. The molecule has 0 radical (unpaired) electrons. The molecule has 1 aliphatic rings. The summed E-state index contributed by atoms with van der Waals surface area (Å²) in [5, 5.41) is 4.16. The summed E-state index contributed by atoms with van der Waals surface area (Å²) in [6.07, 6.45) is 1.60. The van der Waals surface area contributed by atoms with Gasteiger partial charge in [-0.05, 0) is 66.1 Å². The summed E-state index contributed by atoms with van der Waals surface area (Å²) in [7, 11) is 1.71. The van der Waals surface area contributed by atoms with Crippen LogP contribution in [0.2, 0.25) is 0 Å². The number of amides is 1. The number of hydrazone groups is 1. The van der Waals surface area contributed by atoms with Crippen LogP contribution in [-0.4, -0.2) is 56.9 Å². The van der Waals surface area contributed by atoms with E-state index in [4.69, 9.17) is 14.2 Å². The average Bonchev–Trinajstić information content (AvgIpc) is 3.05. The molecule has 0 bridgehead atoms. The van der Waals surface area contributed by atoms with Crippen LogP contribution in [0.25, 0.3) is 0 Å². The molecule has 5 rings (SSSR count). The van der Waals surface area contributed by atoms with Gasteiger partial charge in [-0.15, -0.1) is 0 Å². The normalized spacial score (nSPS) is 13.6. The molecule has 1 N–H and O–H groups in total. The predicted molar refractivity (Wildman–Crippen MR) is 170 cm³/mol. The van der Waals surface area contributed by atoms with Crippen molar-refractivity contribution in [2.75, 3.05) is 44.8 Å². The second kappa shape index (κ2) is 14.9. The molecule has 1 fully saturated rings. The molecule has 8 nitrogen and oxygen atoms in total. The number of para-hydroxylation sites is 2. The van der Waals surface area contributed by atoms with Gasteiger partial charge in [-0.2, -0.15) is 5.10 Å². The van der Waals surface area contributed by atoms with E-state index in [-0.39, 0.29) is 5.91 Å². The fourth-order valence-electron chi connectivity index (χ4n) is 5.02. The first-order valence-corrected chi connectivity index (χ1v) is 14.6. The summed E-state index contributed by atoms with van der Waals surface area (Å²) in [4.78, 5) is 17.5. The lowest BCUT2D eigenvalue weighted by Gasteiger charge is -2.36. The highest BCUT2D eigenvalue weighted by Gasteiger charge is 2.19. The summed E-state index contributed by atoms with van der Waals surface area (Å²) in [6, 6.07) is 31.4. The Hall–Kier alpha value is -4.82. The van der Waals surface area contributed by atoms with Gasteiger partial charge in [-0.3, -0.25) is 9.69 Å². The maximum absolute atomic E-state index is 12.7. The predicted octanol–water partition coefficient (Wildman–Crippen LogP) is 5.76. The minimum atomic E-state index is -0.263. The number of hydrogen-bond acceptors (Lipinski definition) is 7. The number of rotatable bonds is 12. The maximum atomic E-state index is 12.7. The number of nitrogens with zero attached hydrogens (tertiary/aromatic N) is 3. The molecule has 0 saturated carbocycles. The zero-order chi connectivity index (χ0) is 29.9. The van der Waals surface area contributed by atoms with Crippen molar-refractivity contribution < 1.29 is 19.0 Å². The number of piperazine rings is 1. The molecular weight excluding hydrogens is 540 g/mol. The molecule has 1 aliphatic heterocycles. The fraction of sp³-hybridized carbons (Fsp3) is 0.257. The van der Waals surface area contributed by atoms with Gasteiger partial charge in [-0.25, -0.2) is 5.43 Å². The SMILES string of the molecule is CCOc1cc(/C=N\NC(=O)c2ccc(CN3CCN(c4ccccc4OC)CC3)cc2)ccc1OCc1ccccc1. The van der Waals surface area contributed by atoms with E-state index >= 15 is 0 Å². The van der Waals surface area contributed by atoms with Crippen molar-refractivity contribution in [2.24, 2.45) is 5.10 Å². The van der Waals surface area contributed by atoms with Crippen LogP contribution in [0, 0.1) is 0 Å². The van der Waals surface area contributed by atoms with Gasteiger partial charge in [0, 0.05) is 38.3 Å². The molecular formula is C35H38N4O4. The van der Waals surface area contributed by atoms with Crippen molar-refractivity contribution in [3.05, 3.63) is 119 Å². The van der Waals surface area contributed by atoms with Crippen molar-refractivity contribution in [3.63, 3.8) is 0 Å². The Kier molecular flexibility index (Phi) is 10.3. The van der Waals surface area contributed by atoms with Crippen molar-refractivity contribution in [2.45, 2.75) is 20.1 Å². The van der Waals surface area contributed by atoms with Crippen LogP contribution in [-0.2, 0) is 13.2 Å². The number of carbonyl (C=O) groups excluding carboxylic acids is 1. The molecule has 0 aromatic heterocycles. The molecule has 0 aliphatic carbocycles. The second-order valence-electron chi connectivity index (χ2n) is 10.2. The van der Waals surface area contributed by atoms with Gasteiger partial charge in [0.05, 0.1) is 25.6 Å². The van der Waals surface area contributed by atoms with Crippen molar-refractivity contribution >= 4 is 17.8 Å². The number of anilines is 1. The second-order valence-corrected chi connectivity index (χ2v) is 10.2. The van der Waals surface area contributed by atoms with Gasteiger partial charge < -0.3 is 19.1 Å². The van der Waals surface area contributed by atoms with E-state index in [1.54, 1.807) is 13.3 Å². The van der Waals surface area contributed by atoms with Gasteiger partial charge in [0.1, 0.15) is 12.4 Å². The number of carbonyl (C=O) groups is 1. The molecule has 1 heterocycles. The van der Waals surface area contributed by atoms with E-state index in [1.165, 1.54) is 5.56 Å².